The number of ether oxygens (including phenoxy) is 2. The minimum absolute atomic E-state index is 0.0952. The summed E-state index contributed by atoms with van der Waals surface area (Å²) in [6.07, 6.45) is 1.65. The molecular formula is C21H23N3O4S2. The molecule has 1 N–H and O–H groups in total. The highest BCUT2D eigenvalue weighted by atomic mass is 32.2. The highest BCUT2D eigenvalue weighted by molar-refractivity contribution is 7.99. The van der Waals surface area contributed by atoms with E-state index in [9.17, 15) is 9.59 Å². The number of thioether (sulfide) groups is 1. The first-order valence-corrected chi connectivity index (χ1v) is 10.9. The van der Waals surface area contributed by atoms with Gasteiger partial charge in [0.2, 0.25) is 5.91 Å². The molecule has 1 amide bonds. The molecule has 0 spiro atoms. The molecule has 30 heavy (non-hydrogen) atoms. The van der Waals surface area contributed by atoms with Gasteiger partial charge in [0, 0.05) is 35.3 Å². The number of hydrogen-bond donors (Lipinski definition) is 1. The monoisotopic (exact) mass is 445 g/mol. The molecule has 9 heteroatoms. The SMILES string of the molecule is C=CCn1c(SCC(=O)Nc2cc(OC)cc(OC)c2)nc2sc(C)c(C)c2c1=O. The van der Waals surface area contributed by atoms with Crippen LogP contribution in [0.2, 0.25) is 0 Å². The van der Waals surface area contributed by atoms with Gasteiger partial charge >= 0.3 is 0 Å². The lowest BCUT2D eigenvalue weighted by Gasteiger charge is -2.11. The van der Waals surface area contributed by atoms with Crippen LogP contribution in [0.4, 0.5) is 5.69 Å². The van der Waals surface area contributed by atoms with E-state index in [1.807, 2.05) is 13.8 Å². The largest absolute Gasteiger partial charge is 0.497 e. The predicted octanol–water partition coefficient (Wildman–Crippen LogP) is 4.01. The molecule has 3 rings (SSSR count). The minimum Gasteiger partial charge on any atom is -0.497 e. The van der Waals surface area contributed by atoms with E-state index in [1.54, 1.807) is 43.1 Å². The number of nitrogens with one attached hydrogen (secondary N) is 1. The molecule has 0 fully saturated rings. The molecule has 158 valence electrons. The lowest BCUT2D eigenvalue weighted by atomic mass is 10.2. The third-order valence-corrected chi connectivity index (χ3v) is 6.61. The van der Waals surface area contributed by atoms with Crippen molar-refractivity contribution in [3.05, 3.63) is 51.6 Å². The maximum absolute atomic E-state index is 13.0. The van der Waals surface area contributed by atoms with E-state index in [4.69, 9.17) is 9.47 Å². The molecule has 0 saturated heterocycles. The Morgan fingerprint density at radius 3 is 2.53 bits per heavy atom. The van der Waals surface area contributed by atoms with E-state index in [0.29, 0.717) is 39.1 Å². The van der Waals surface area contributed by atoms with Crippen LogP contribution >= 0.6 is 23.1 Å². The Kier molecular flexibility index (Phi) is 6.84. The number of hydrogen-bond acceptors (Lipinski definition) is 7. The van der Waals surface area contributed by atoms with Gasteiger partial charge in [0.05, 0.1) is 25.4 Å². The zero-order valence-corrected chi connectivity index (χ0v) is 18.9. The summed E-state index contributed by atoms with van der Waals surface area (Å²) in [6.45, 7) is 7.96. The van der Waals surface area contributed by atoms with Crippen LogP contribution < -0.4 is 20.3 Å². The number of rotatable bonds is 8. The second-order valence-electron chi connectivity index (χ2n) is 6.50. The Hall–Kier alpha value is -2.78. The lowest BCUT2D eigenvalue weighted by molar-refractivity contribution is -0.113. The van der Waals surface area contributed by atoms with E-state index in [1.165, 1.54) is 23.1 Å². The molecule has 0 radical (unpaired) electrons. The van der Waals surface area contributed by atoms with Crippen LogP contribution in [-0.4, -0.2) is 35.4 Å². The second kappa shape index (κ2) is 9.36. The summed E-state index contributed by atoms with van der Waals surface area (Å²) >= 11 is 2.70. The van der Waals surface area contributed by atoms with Gasteiger partial charge in [-0.3, -0.25) is 14.2 Å². The first-order valence-electron chi connectivity index (χ1n) is 9.15. The average Bonchev–Trinajstić information content (AvgIpc) is 3.02. The highest BCUT2D eigenvalue weighted by Crippen LogP contribution is 2.29. The number of amides is 1. The van der Waals surface area contributed by atoms with Gasteiger partial charge in [-0.05, 0) is 19.4 Å². The maximum Gasteiger partial charge on any atom is 0.263 e. The van der Waals surface area contributed by atoms with Crippen LogP contribution in [0.3, 0.4) is 0 Å². The Labute approximate surface area is 182 Å². The van der Waals surface area contributed by atoms with Gasteiger partial charge < -0.3 is 14.8 Å². The predicted molar refractivity (Wildman–Crippen MR) is 122 cm³/mol. The Morgan fingerprint density at radius 1 is 1.27 bits per heavy atom. The van der Waals surface area contributed by atoms with Gasteiger partial charge in [0.25, 0.3) is 5.56 Å². The van der Waals surface area contributed by atoms with Gasteiger partial charge in [0.1, 0.15) is 16.3 Å². The summed E-state index contributed by atoms with van der Waals surface area (Å²) < 4.78 is 12.0. The number of allylic oxidation sites excluding steroid dienone is 1. The van der Waals surface area contributed by atoms with Crippen molar-refractivity contribution >= 4 is 44.9 Å². The highest BCUT2D eigenvalue weighted by Gasteiger charge is 2.17. The van der Waals surface area contributed by atoms with Gasteiger partial charge in [-0.25, -0.2) is 4.98 Å². The first-order chi connectivity index (χ1) is 14.4. The van der Waals surface area contributed by atoms with Crippen LogP contribution in [0, 0.1) is 13.8 Å². The zero-order chi connectivity index (χ0) is 21.8. The number of aromatic nitrogens is 2. The third kappa shape index (κ3) is 4.52. The summed E-state index contributed by atoms with van der Waals surface area (Å²) in [7, 11) is 3.09. The average molecular weight is 446 g/mol. The number of thiophene rings is 1. The van der Waals surface area contributed by atoms with Crippen molar-refractivity contribution in [2.45, 2.75) is 25.5 Å². The standard InChI is InChI=1S/C21H23N3O4S2/c1-6-7-24-20(26)18-12(2)13(3)30-19(18)23-21(24)29-11-17(25)22-14-8-15(27-4)10-16(9-14)28-5/h6,8-10H,1,7,11H2,2-5H3,(H,22,25). The molecule has 0 atom stereocenters. The van der Waals surface area contributed by atoms with Crippen molar-refractivity contribution < 1.29 is 14.3 Å². The molecule has 0 saturated carbocycles. The van der Waals surface area contributed by atoms with Crippen LogP contribution in [0.15, 0.2) is 40.8 Å². The molecule has 0 aliphatic carbocycles. The van der Waals surface area contributed by atoms with E-state index in [2.05, 4.69) is 16.9 Å². The Balaban J connectivity index is 1.83. The number of fused-ring (bicyclic) bond motifs is 1. The van der Waals surface area contributed by atoms with E-state index in [0.717, 1.165) is 10.4 Å². The summed E-state index contributed by atoms with van der Waals surface area (Å²) in [5.41, 5.74) is 1.40. The summed E-state index contributed by atoms with van der Waals surface area (Å²) in [6, 6.07) is 5.14. The first kappa shape index (κ1) is 21.9. The van der Waals surface area contributed by atoms with Crippen LogP contribution in [0.5, 0.6) is 11.5 Å². The molecular weight excluding hydrogens is 422 g/mol. The number of aryl methyl sites for hydroxylation is 2. The summed E-state index contributed by atoms with van der Waals surface area (Å²) in [4.78, 5) is 31.9. The quantitative estimate of drug-likeness (QED) is 0.321. The fourth-order valence-electron chi connectivity index (χ4n) is 2.92. The number of anilines is 1. The van der Waals surface area contributed by atoms with Crippen LogP contribution in [-0.2, 0) is 11.3 Å². The summed E-state index contributed by atoms with van der Waals surface area (Å²) in [5, 5.41) is 3.95. The van der Waals surface area contributed by atoms with Gasteiger partial charge in [0.15, 0.2) is 5.16 Å². The third-order valence-electron chi connectivity index (χ3n) is 4.53. The Bertz CT molecular complexity index is 1140. The van der Waals surface area contributed by atoms with Crippen molar-refractivity contribution in [2.75, 3.05) is 25.3 Å². The van der Waals surface area contributed by atoms with Crippen LogP contribution in [0.25, 0.3) is 10.2 Å². The number of carbonyl (C=O) groups excluding carboxylic acids is 1. The molecule has 2 heterocycles. The van der Waals surface area contributed by atoms with Crippen molar-refractivity contribution in [3.8, 4) is 11.5 Å². The fourth-order valence-corrected chi connectivity index (χ4v) is 4.79. The maximum atomic E-state index is 13.0. The van der Waals surface area contributed by atoms with Gasteiger partial charge in [-0.15, -0.1) is 17.9 Å². The van der Waals surface area contributed by atoms with Crippen molar-refractivity contribution in [2.24, 2.45) is 0 Å². The zero-order valence-electron chi connectivity index (χ0n) is 17.3. The fraction of sp³-hybridized carbons (Fsp3) is 0.286. The molecule has 2 aromatic heterocycles. The van der Waals surface area contributed by atoms with E-state index in [-0.39, 0.29) is 17.2 Å². The minimum atomic E-state index is -0.228. The molecule has 0 aliphatic heterocycles. The molecule has 0 aliphatic rings. The van der Waals surface area contributed by atoms with Gasteiger partial charge in [-0.2, -0.15) is 0 Å². The number of benzene rings is 1. The normalized spacial score (nSPS) is 10.8. The molecule has 1 aromatic carbocycles. The number of nitrogens with zero attached hydrogens (tertiary/aromatic N) is 2. The topological polar surface area (TPSA) is 82.5 Å². The van der Waals surface area contributed by atoms with Crippen molar-refractivity contribution in [3.63, 3.8) is 0 Å². The molecule has 0 unspecified atom stereocenters. The van der Waals surface area contributed by atoms with Gasteiger partial charge in [-0.1, -0.05) is 17.8 Å². The van der Waals surface area contributed by atoms with Crippen molar-refractivity contribution in [1.82, 2.24) is 9.55 Å². The van der Waals surface area contributed by atoms with E-state index >= 15 is 0 Å². The Morgan fingerprint density at radius 2 is 1.93 bits per heavy atom. The second-order valence-corrected chi connectivity index (χ2v) is 8.65. The van der Waals surface area contributed by atoms with Crippen LogP contribution in [0.1, 0.15) is 10.4 Å². The lowest BCUT2D eigenvalue weighted by Crippen LogP contribution is -2.23. The molecule has 0 bridgehead atoms. The van der Waals surface area contributed by atoms with Crippen molar-refractivity contribution in [1.29, 1.82) is 0 Å². The number of methoxy groups -OCH3 is 2. The van der Waals surface area contributed by atoms with E-state index < -0.39 is 0 Å². The molecule has 3 aromatic rings. The molecule has 7 nitrogen and oxygen atoms in total. The summed E-state index contributed by atoms with van der Waals surface area (Å²) in [5.74, 6) is 1.02. The number of carbonyl (C=O) groups is 1. The smallest absolute Gasteiger partial charge is 0.263 e.